The van der Waals surface area contributed by atoms with Crippen LogP contribution in [-0.2, 0) is 12.2 Å². The van der Waals surface area contributed by atoms with Gasteiger partial charge in [0.1, 0.15) is 4.83 Å². The SMILES string of the molecule is CC[C@H](C)Cc1c(C)sc2nc(SCc3nnc(-c4ccccc4)o3)[nH]c(=O)c12. The molecule has 3 heterocycles. The van der Waals surface area contributed by atoms with Crippen molar-refractivity contribution in [3.05, 3.63) is 57.0 Å². The van der Waals surface area contributed by atoms with Crippen LogP contribution in [-0.4, -0.2) is 20.2 Å². The lowest BCUT2D eigenvalue weighted by atomic mass is 9.98. The molecule has 29 heavy (non-hydrogen) atoms. The number of nitrogens with one attached hydrogen (secondary N) is 1. The largest absolute Gasteiger partial charge is 0.420 e. The van der Waals surface area contributed by atoms with Crippen LogP contribution in [0.3, 0.4) is 0 Å². The first-order valence-electron chi connectivity index (χ1n) is 9.58. The summed E-state index contributed by atoms with van der Waals surface area (Å²) >= 11 is 2.98. The Labute approximate surface area is 176 Å². The molecule has 0 saturated heterocycles. The smallest absolute Gasteiger partial charge is 0.260 e. The summed E-state index contributed by atoms with van der Waals surface area (Å²) in [6.07, 6.45) is 2.00. The fourth-order valence-electron chi connectivity index (χ4n) is 3.10. The summed E-state index contributed by atoms with van der Waals surface area (Å²) < 4.78 is 5.73. The molecule has 0 saturated carbocycles. The standard InChI is InChI=1S/C21H22N4O2S2/c1-4-12(2)10-15-13(3)29-20-17(15)18(26)22-21(23-20)28-11-16-24-25-19(27-16)14-8-6-5-7-9-14/h5-9,12H,4,10-11H2,1-3H3,(H,22,23,26)/t12-/m0/s1. The molecule has 0 bridgehead atoms. The number of benzene rings is 1. The van der Waals surface area contributed by atoms with Crippen molar-refractivity contribution in [3.8, 4) is 11.5 Å². The highest BCUT2D eigenvalue weighted by molar-refractivity contribution is 7.98. The van der Waals surface area contributed by atoms with E-state index in [4.69, 9.17) is 4.42 Å². The number of thiophene rings is 1. The maximum Gasteiger partial charge on any atom is 0.260 e. The van der Waals surface area contributed by atoms with Crippen LogP contribution in [0, 0.1) is 12.8 Å². The average Bonchev–Trinajstić information content (AvgIpc) is 3.32. The predicted octanol–water partition coefficient (Wildman–Crippen LogP) is 5.22. The Kier molecular flexibility index (Phi) is 5.82. The molecule has 0 aliphatic heterocycles. The van der Waals surface area contributed by atoms with Gasteiger partial charge in [-0.15, -0.1) is 21.5 Å². The zero-order chi connectivity index (χ0) is 20.4. The van der Waals surface area contributed by atoms with Gasteiger partial charge in [-0.1, -0.05) is 50.2 Å². The molecule has 6 nitrogen and oxygen atoms in total. The summed E-state index contributed by atoms with van der Waals surface area (Å²) in [5.41, 5.74) is 1.94. The molecule has 8 heteroatoms. The third-order valence-electron chi connectivity index (χ3n) is 4.91. The quantitative estimate of drug-likeness (QED) is 0.322. The summed E-state index contributed by atoms with van der Waals surface area (Å²) in [6, 6.07) is 9.64. The van der Waals surface area contributed by atoms with E-state index in [1.807, 2.05) is 30.3 Å². The number of H-pyrrole nitrogens is 1. The second-order valence-corrected chi connectivity index (χ2v) is 9.23. The van der Waals surface area contributed by atoms with Crippen molar-refractivity contribution in [1.29, 1.82) is 0 Å². The molecule has 1 atom stereocenters. The van der Waals surface area contributed by atoms with Gasteiger partial charge < -0.3 is 9.40 Å². The van der Waals surface area contributed by atoms with E-state index < -0.39 is 0 Å². The molecule has 0 unspecified atom stereocenters. The van der Waals surface area contributed by atoms with Gasteiger partial charge in [-0.3, -0.25) is 4.79 Å². The average molecular weight is 427 g/mol. The van der Waals surface area contributed by atoms with Crippen LogP contribution in [0.15, 0.2) is 44.7 Å². The van der Waals surface area contributed by atoms with Crippen molar-refractivity contribution in [3.63, 3.8) is 0 Å². The monoisotopic (exact) mass is 426 g/mol. The Balaban J connectivity index is 1.54. The Bertz CT molecular complexity index is 1180. The van der Waals surface area contributed by atoms with E-state index >= 15 is 0 Å². The lowest BCUT2D eigenvalue weighted by Gasteiger charge is -2.08. The summed E-state index contributed by atoms with van der Waals surface area (Å²) in [4.78, 5) is 22.3. The van der Waals surface area contributed by atoms with E-state index in [1.165, 1.54) is 16.6 Å². The molecule has 150 valence electrons. The van der Waals surface area contributed by atoms with E-state index in [-0.39, 0.29) is 5.56 Å². The fraction of sp³-hybridized carbons (Fsp3) is 0.333. The van der Waals surface area contributed by atoms with Crippen molar-refractivity contribution >= 4 is 33.3 Å². The number of hydrogen-bond acceptors (Lipinski definition) is 7. The second kappa shape index (κ2) is 8.51. The molecule has 4 rings (SSSR count). The van der Waals surface area contributed by atoms with Crippen molar-refractivity contribution in [2.45, 2.75) is 44.5 Å². The number of aryl methyl sites for hydroxylation is 1. The normalized spacial score (nSPS) is 12.5. The molecule has 0 aliphatic carbocycles. The maximum absolute atomic E-state index is 12.8. The first-order chi connectivity index (χ1) is 14.0. The van der Waals surface area contributed by atoms with E-state index in [9.17, 15) is 4.79 Å². The van der Waals surface area contributed by atoms with Crippen LogP contribution in [0.4, 0.5) is 0 Å². The lowest BCUT2D eigenvalue weighted by molar-refractivity contribution is 0.528. The van der Waals surface area contributed by atoms with Gasteiger partial charge in [-0.2, -0.15) is 0 Å². The molecule has 0 radical (unpaired) electrons. The van der Waals surface area contributed by atoms with E-state index in [0.717, 1.165) is 34.2 Å². The Morgan fingerprint density at radius 3 is 2.79 bits per heavy atom. The van der Waals surface area contributed by atoms with Crippen LogP contribution < -0.4 is 5.56 Å². The third kappa shape index (κ3) is 4.28. The van der Waals surface area contributed by atoms with E-state index in [2.05, 4.69) is 40.9 Å². The Hall–Kier alpha value is -2.45. The molecule has 0 amide bonds. The first kappa shape index (κ1) is 19.8. The lowest BCUT2D eigenvalue weighted by Crippen LogP contribution is -2.11. The summed E-state index contributed by atoms with van der Waals surface area (Å²) in [5.74, 6) is 1.97. The third-order valence-corrected chi connectivity index (χ3v) is 6.81. The minimum Gasteiger partial charge on any atom is -0.420 e. The molecule has 0 spiro atoms. The van der Waals surface area contributed by atoms with Gasteiger partial charge >= 0.3 is 0 Å². The van der Waals surface area contributed by atoms with Crippen molar-refractivity contribution in [2.75, 3.05) is 0 Å². The van der Waals surface area contributed by atoms with E-state index in [1.54, 1.807) is 11.3 Å². The van der Waals surface area contributed by atoms with Crippen molar-refractivity contribution < 1.29 is 4.42 Å². The Morgan fingerprint density at radius 1 is 1.24 bits per heavy atom. The van der Waals surface area contributed by atoms with Gasteiger partial charge in [-0.05, 0) is 37.0 Å². The van der Waals surface area contributed by atoms with Crippen LogP contribution in [0.1, 0.15) is 36.6 Å². The number of rotatable bonds is 7. The van der Waals surface area contributed by atoms with Crippen LogP contribution in [0.5, 0.6) is 0 Å². The number of fused-ring (bicyclic) bond motifs is 1. The summed E-state index contributed by atoms with van der Waals surface area (Å²) in [6.45, 7) is 6.45. The Morgan fingerprint density at radius 2 is 2.03 bits per heavy atom. The number of thioether (sulfide) groups is 1. The van der Waals surface area contributed by atoms with Crippen molar-refractivity contribution in [1.82, 2.24) is 20.2 Å². The predicted molar refractivity (Wildman–Crippen MR) is 117 cm³/mol. The number of aromatic nitrogens is 4. The zero-order valence-corrected chi connectivity index (χ0v) is 18.2. The van der Waals surface area contributed by atoms with E-state index in [0.29, 0.717) is 28.6 Å². The highest BCUT2D eigenvalue weighted by Crippen LogP contribution is 2.31. The van der Waals surface area contributed by atoms with Crippen LogP contribution in [0.25, 0.3) is 21.7 Å². The van der Waals surface area contributed by atoms with Gasteiger partial charge in [0.25, 0.3) is 5.56 Å². The summed E-state index contributed by atoms with van der Waals surface area (Å²) in [5, 5.41) is 9.50. The minimum atomic E-state index is -0.0735. The first-order valence-corrected chi connectivity index (χ1v) is 11.4. The van der Waals surface area contributed by atoms with Gasteiger partial charge in [0.2, 0.25) is 11.8 Å². The van der Waals surface area contributed by atoms with Crippen LogP contribution in [0.2, 0.25) is 0 Å². The molecule has 1 aromatic carbocycles. The molecule has 3 aromatic heterocycles. The molecular formula is C21H22N4O2S2. The van der Waals surface area contributed by atoms with Gasteiger partial charge in [0, 0.05) is 10.4 Å². The molecule has 1 N–H and O–H groups in total. The second-order valence-electron chi connectivity index (χ2n) is 7.06. The highest BCUT2D eigenvalue weighted by atomic mass is 32.2. The number of hydrogen-bond donors (Lipinski definition) is 1. The van der Waals surface area contributed by atoms with Gasteiger partial charge in [-0.25, -0.2) is 4.98 Å². The number of nitrogens with zero attached hydrogens (tertiary/aromatic N) is 3. The van der Waals surface area contributed by atoms with Crippen molar-refractivity contribution in [2.24, 2.45) is 5.92 Å². The molecule has 0 aliphatic rings. The molecule has 0 fully saturated rings. The zero-order valence-electron chi connectivity index (χ0n) is 16.6. The minimum absolute atomic E-state index is 0.0735. The van der Waals surface area contributed by atoms with Gasteiger partial charge in [0.15, 0.2) is 5.16 Å². The maximum atomic E-state index is 12.8. The summed E-state index contributed by atoms with van der Waals surface area (Å²) in [7, 11) is 0. The molecular weight excluding hydrogens is 404 g/mol. The highest BCUT2D eigenvalue weighted by Gasteiger charge is 2.17. The molecule has 4 aromatic rings. The number of aromatic amines is 1. The fourth-order valence-corrected chi connectivity index (χ4v) is 4.91. The topological polar surface area (TPSA) is 84.7 Å². The van der Waals surface area contributed by atoms with Crippen LogP contribution >= 0.6 is 23.1 Å². The van der Waals surface area contributed by atoms with Gasteiger partial charge in [0.05, 0.1) is 11.1 Å².